The van der Waals surface area contributed by atoms with E-state index >= 15 is 0 Å². The van der Waals surface area contributed by atoms with Crippen molar-refractivity contribution in [2.24, 2.45) is 0 Å². The van der Waals surface area contributed by atoms with E-state index in [1.807, 2.05) is 13.0 Å². The van der Waals surface area contributed by atoms with Crippen molar-refractivity contribution in [1.82, 2.24) is 4.98 Å². The molecule has 0 unspecified atom stereocenters. The van der Waals surface area contributed by atoms with Crippen molar-refractivity contribution >= 4 is 43.2 Å². The minimum absolute atomic E-state index is 0.253. The van der Waals surface area contributed by atoms with E-state index in [0.717, 1.165) is 5.56 Å². The summed E-state index contributed by atoms with van der Waals surface area (Å²) in [5.41, 5.74) is 1.91. The molecule has 1 aromatic carbocycles. The van der Waals surface area contributed by atoms with Crippen LogP contribution in [0.15, 0.2) is 39.8 Å². The maximum atomic E-state index is 12.4. The zero-order valence-electron chi connectivity index (χ0n) is 10.8. The molecule has 0 fully saturated rings. The number of aromatic nitrogens is 1. The molecular formula is C13H12BrClN2O2S. The second kappa shape index (κ2) is 5.71. The Bertz CT molecular complexity index is 763. The molecule has 0 atom stereocenters. The van der Waals surface area contributed by atoms with Gasteiger partial charge in [0.25, 0.3) is 10.0 Å². The minimum Gasteiger partial charge on any atom is -0.278 e. The lowest BCUT2D eigenvalue weighted by molar-refractivity contribution is 0.600. The van der Waals surface area contributed by atoms with E-state index < -0.39 is 10.0 Å². The van der Waals surface area contributed by atoms with Crippen molar-refractivity contribution in [2.75, 3.05) is 4.72 Å². The smallest absolute Gasteiger partial charge is 0.262 e. The zero-order chi connectivity index (χ0) is 14.9. The van der Waals surface area contributed by atoms with E-state index in [1.165, 1.54) is 6.20 Å². The standard InChI is InChI=1S/C13H12BrClN2O2S/c1-8-3-4-9(2)12(5-8)20(18,19)17-10-6-11(14)13(15)16-7-10/h3-7,17H,1-2H3. The Morgan fingerprint density at radius 2 is 1.95 bits per heavy atom. The van der Waals surface area contributed by atoms with Crippen molar-refractivity contribution in [3.8, 4) is 0 Å². The minimum atomic E-state index is -3.65. The van der Waals surface area contributed by atoms with E-state index in [1.54, 1.807) is 25.1 Å². The first-order valence-electron chi connectivity index (χ1n) is 5.71. The van der Waals surface area contributed by atoms with Gasteiger partial charge in [0, 0.05) is 0 Å². The fraction of sp³-hybridized carbons (Fsp3) is 0.154. The number of nitrogens with one attached hydrogen (secondary N) is 1. The molecular weight excluding hydrogens is 364 g/mol. The summed E-state index contributed by atoms with van der Waals surface area (Å²) in [6.07, 6.45) is 1.37. The van der Waals surface area contributed by atoms with Gasteiger partial charge in [0.15, 0.2) is 0 Å². The number of aryl methyl sites for hydroxylation is 2. The Labute approximate surface area is 131 Å². The highest BCUT2D eigenvalue weighted by Gasteiger charge is 2.17. The van der Waals surface area contributed by atoms with Gasteiger partial charge >= 0.3 is 0 Å². The van der Waals surface area contributed by atoms with Crippen LogP contribution in [0.1, 0.15) is 11.1 Å². The fourth-order valence-corrected chi connectivity index (χ4v) is 3.50. The molecule has 0 aliphatic rings. The summed E-state index contributed by atoms with van der Waals surface area (Å²) >= 11 is 8.99. The molecule has 2 aromatic rings. The number of hydrogen-bond acceptors (Lipinski definition) is 3. The van der Waals surface area contributed by atoms with Crippen molar-refractivity contribution in [3.05, 3.63) is 51.2 Å². The summed E-state index contributed by atoms with van der Waals surface area (Å²) in [6, 6.07) is 6.85. The molecule has 20 heavy (non-hydrogen) atoms. The Kier molecular flexibility index (Phi) is 4.36. The average molecular weight is 376 g/mol. The van der Waals surface area contributed by atoms with Crippen LogP contribution >= 0.6 is 27.5 Å². The van der Waals surface area contributed by atoms with Crippen LogP contribution in [0.2, 0.25) is 5.15 Å². The van der Waals surface area contributed by atoms with Crippen LogP contribution in [0.4, 0.5) is 5.69 Å². The van der Waals surface area contributed by atoms with Crippen LogP contribution in [-0.2, 0) is 10.0 Å². The van der Waals surface area contributed by atoms with Gasteiger partial charge in [-0.25, -0.2) is 13.4 Å². The van der Waals surface area contributed by atoms with Crippen molar-refractivity contribution in [3.63, 3.8) is 0 Å². The van der Waals surface area contributed by atoms with Gasteiger partial charge in [0.2, 0.25) is 0 Å². The zero-order valence-corrected chi connectivity index (χ0v) is 14.0. The summed E-state index contributed by atoms with van der Waals surface area (Å²) in [4.78, 5) is 4.14. The third-order valence-corrected chi connectivity index (χ3v) is 5.34. The van der Waals surface area contributed by atoms with Gasteiger partial charge in [-0.05, 0) is 53.0 Å². The number of sulfonamides is 1. The predicted octanol–water partition coefficient (Wildman–Crippen LogP) is 3.92. The molecule has 0 radical (unpaired) electrons. The first-order valence-corrected chi connectivity index (χ1v) is 8.36. The van der Waals surface area contributed by atoms with Crippen LogP contribution in [0.25, 0.3) is 0 Å². The fourth-order valence-electron chi connectivity index (χ4n) is 1.68. The Hall–Kier alpha value is -1.11. The van der Waals surface area contributed by atoms with E-state index in [-0.39, 0.29) is 10.0 Å². The Balaban J connectivity index is 2.40. The van der Waals surface area contributed by atoms with Crippen LogP contribution < -0.4 is 4.72 Å². The van der Waals surface area contributed by atoms with Crippen molar-refractivity contribution in [1.29, 1.82) is 0 Å². The lowest BCUT2D eigenvalue weighted by Gasteiger charge is -2.11. The molecule has 0 saturated carbocycles. The van der Waals surface area contributed by atoms with Crippen LogP contribution in [0, 0.1) is 13.8 Å². The number of pyridine rings is 1. The second-order valence-electron chi connectivity index (χ2n) is 4.37. The normalized spacial score (nSPS) is 11.4. The number of halogens is 2. The van der Waals surface area contributed by atoms with Gasteiger partial charge in [-0.2, -0.15) is 0 Å². The van der Waals surface area contributed by atoms with E-state index in [2.05, 4.69) is 25.6 Å². The highest BCUT2D eigenvalue weighted by molar-refractivity contribution is 9.10. The number of benzene rings is 1. The molecule has 0 amide bonds. The Morgan fingerprint density at radius 3 is 2.60 bits per heavy atom. The number of rotatable bonds is 3. The van der Waals surface area contributed by atoms with Crippen molar-refractivity contribution in [2.45, 2.75) is 18.7 Å². The van der Waals surface area contributed by atoms with Crippen LogP contribution in [0.3, 0.4) is 0 Å². The highest BCUT2D eigenvalue weighted by atomic mass is 79.9. The SMILES string of the molecule is Cc1ccc(C)c(S(=O)(=O)Nc2cnc(Cl)c(Br)c2)c1. The first kappa shape index (κ1) is 15.3. The summed E-state index contributed by atoms with van der Waals surface area (Å²) in [5, 5.41) is 0.277. The molecule has 0 bridgehead atoms. The Morgan fingerprint density at radius 1 is 1.25 bits per heavy atom. The van der Waals surface area contributed by atoms with E-state index in [0.29, 0.717) is 15.7 Å². The number of nitrogens with zero attached hydrogens (tertiary/aromatic N) is 1. The largest absolute Gasteiger partial charge is 0.278 e. The van der Waals surface area contributed by atoms with Gasteiger partial charge in [0.1, 0.15) is 5.15 Å². The third kappa shape index (κ3) is 3.31. The maximum Gasteiger partial charge on any atom is 0.262 e. The highest BCUT2D eigenvalue weighted by Crippen LogP contribution is 2.25. The summed E-state index contributed by atoms with van der Waals surface area (Å²) < 4.78 is 27.8. The monoisotopic (exact) mass is 374 g/mol. The van der Waals surface area contributed by atoms with E-state index in [9.17, 15) is 8.42 Å². The molecule has 7 heteroatoms. The molecule has 106 valence electrons. The average Bonchev–Trinajstić information content (AvgIpc) is 2.36. The van der Waals surface area contributed by atoms with Gasteiger partial charge in [-0.3, -0.25) is 4.72 Å². The molecule has 2 rings (SSSR count). The van der Waals surface area contributed by atoms with E-state index in [4.69, 9.17) is 11.6 Å². The lowest BCUT2D eigenvalue weighted by atomic mass is 10.2. The quantitative estimate of drug-likeness (QED) is 0.827. The molecule has 0 aliphatic heterocycles. The predicted molar refractivity (Wildman–Crippen MR) is 83.7 cm³/mol. The van der Waals surface area contributed by atoms with Gasteiger partial charge in [0.05, 0.1) is 21.3 Å². The molecule has 1 heterocycles. The summed E-state index contributed by atoms with van der Waals surface area (Å²) in [6.45, 7) is 3.60. The molecule has 0 saturated heterocycles. The molecule has 1 aromatic heterocycles. The van der Waals surface area contributed by atoms with Crippen molar-refractivity contribution < 1.29 is 8.42 Å². The third-order valence-electron chi connectivity index (χ3n) is 2.68. The van der Waals surface area contributed by atoms with Gasteiger partial charge in [-0.15, -0.1) is 0 Å². The second-order valence-corrected chi connectivity index (χ2v) is 7.23. The summed E-state index contributed by atoms with van der Waals surface area (Å²) in [7, 11) is -3.65. The number of hydrogen-bond donors (Lipinski definition) is 1. The van der Waals surface area contributed by atoms with Crippen LogP contribution in [-0.4, -0.2) is 13.4 Å². The topological polar surface area (TPSA) is 59.1 Å². The van der Waals surface area contributed by atoms with Gasteiger partial charge < -0.3 is 0 Å². The molecule has 0 aliphatic carbocycles. The molecule has 4 nitrogen and oxygen atoms in total. The van der Waals surface area contributed by atoms with Crippen LogP contribution in [0.5, 0.6) is 0 Å². The summed E-state index contributed by atoms with van der Waals surface area (Å²) in [5.74, 6) is 0. The van der Waals surface area contributed by atoms with Gasteiger partial charge in [-0.1, -0.05) is 23.7 Å². The molecule has 0 spiro atoms. The maximum absolute atomic E-state index is 12.4. The first-order chi connectivity index (χ1) is 9.29. The molecule has 1 N–H and O–H groups in total. The number of anilines is 1. The lowest BCUT2D eigenvalue weighted by Crippen LogP contribution is -2.14.